The van der Waals surface area contributed by atoms with Crippen molar-refractivity contribution in [2.24, 2.45) is 5.73 Å². The summed E-state index contributed by atoms with van der Waals surface area (Å²) < 4.78 is 0. The molecule has 2 N–H and O–H groups in total. The lowest BCUT2D eigenvalue weighted by atomic mass is 10.2. The third kappa shape index (κ3) is 2.30. The van der Waals surface area contributed by atoms with Crippen molar-refractivity contribution < 1.29 is 0 Å². The Morgan fingerprint density at radius 2 is 1.69 bits per heavy atom. The molecule has 2 rings (SSSR count). The largest absolute Gasteiger partial charge is 0.328 e. The lowest BCUT2D eigenvalue weighted by Crippen LogP contribution is -2.28. The molecule has 0 saturated carbocycles. The lowest BCUT2D eigenvalue weighted by Gasteiger charge is -2.26. The molecular formula is C11H16NP. The first-order valence-corrected chi connectivity index (χ1v) is 6.63. The van der Waals surface area contributed by atoms with Crippen LogP contribution in [-0.2, 0) is 0 Å². The van der Waals surface area contributed by atoms with Gasteiger partial charge in [-0.2, -0.15) is 0 Å². The molecule has 1 fully saturated rings. The molecule has 0 amide bonds. The van der Waals surface area contributed by atoms with Gasteiger partial charge in [0.25, 0.3) is 0 Å². The molecule has 1 heterocycles. The highest BCUT2D eigenvalue weighted by molar-refractivity contribution is 7.65. The van der Waals surface area contributed by atoms with Gasteiger partial charge in [-0.05, 0) is 30.5 Å². The van der Waals surface area contributed by atoms with Gasteiger partial charge in [-0.1, -0.05) is 38.3 Å². The van der Waals surface area contributed by atoms with Gasteiger partial charge in [0.05, 0.1) is 0 Å². The fourth-order valence-corrected chi connectivity index (χ4v) is 4.42. The van der Waals surface area contributed by atoms with Crippen molar-refractivity contribution in [1.82, 2.24) is 0 Å². The van der Waals surface area contributed by atoms with E-state index in [0.29, 0.717) is 6.04 Å². The second-order valence-corrected chi connectivity index (χ2v) is 6.15. The molecule has 1 aromatic carbocycles. The SMILES string of the molecule is NC1CCP(c2ccccc2)CC1. The van der Waals surface area contributed by atoms with Crippen molar-refractivity contribution in [1.29, 1.82) is 0 Å². The third-order valence-corrected chi connectivity index (χ3v) is 5.29. The molecule has 0 aliphatic carbocycles. The molecule has 1 nitrogen and oxygen atoms in total. The number of nitrogens with two attached hydrogens (primary N) is 1. The van der Waals surface area contributed by atoms with E-state index in [0.717, 1.165) is 0 Å². The van der Waals surface area contributed by atoms with Gasteiger partial charge in [-0.15, -0.1) is 0 Å². The average Bonchev–Trinajstić information content (AvgIpc) is 2.20. The Hall–Kier alpha value is -0.390. The van der Waals surface area contributed by atoms with Crippen LogP contribution >= 0.6 is 7.92 Å². The zero-order chi connectivity index (χ0) is 9.10. The molecule has 0 aromatic heterocycles. The van der Waals surface area contributed by atoms with E-state index < -0.39 is 0 Å². The van der Waals surface area contributed by atoms with E-state index in [1.165, 1.54) is 25.2 Å². The minimum atomic E-state index is 0.127. The smallest absolute Gasteiger partial charge is 0.00457 e. The Bertz CT molecular complexity index is 252. The van der Waals surface area contributed by atoms with Crippen LogP contribution < -0.4 is 11.0 Å². The zero-order valence-electron chi connectivity index (χ0n) is 7.82. The third-order valence-electron chi connectivity index (χ3n) is 2.66. The first kappa shape index (κ1) is 9.18. The molecule has 2 heteroatoms. The number of benzene rings is 1. The summed E-state index contributed by atoms with van der Waals surface area (Å²) in [5.74, 6) is 0. The lowest BCUT2D eigenvalue weighted by molar-refractivity contribution is 0.619. The van der Waals surface area contributed by atoms with Crippen molar-refractivity contribution in [3.8, 4) is 0 Å². The van der Waals surface area contributed by atoms with Crippen LogP contribution in [0.15, 0.2) is 30.3 Å². The molecule has 1 aliphatic heterocycles. The van der Waals surface area contributed by atoms with E-state index in [9.17, 15) is 0 Å². The fourth-order valence-electron chi connectivity index (χ4n) is 1.80. The normalized spacial score (nSPS) is 28.7. The summed E-state index contributed by atoms with van der Waals surface area (Å²) >= 11 is 0. The van der Waals surface area contributed by atoms with E-state index in [2.05, 4.69) is 30.3 Å². The summed E-state index contributed by atoms with van der Waals surface area (Å²) in [6.45, 7) is 0. The molecular weight excluding hydrogens is 177 g/mol. The summed E-state index contributed by atoms with van der Waals surface area (Å²) in [5, 5.41) is 1.56. The first-order chi connectivity index (χ1) is 6.36. The topological polar surface area (TPSA) is 26.0 Å². The molecule has 0 unspecified atom stereocenters. The maximum absolute atomic E-state index is 5.89. The van der Waals surface area contributed by atoms with Crippen LogP contribution in [-0.4, -0.2) is 18.4 Å². The monoisotopic (exact) mass is 193 g/mol. The van der Waals surface area contributed by atoms with Crippen LogP contribution in [0.4, 0.5) is 0 Å². The van der Waals surface area contributed by atoms with Gasteiger partial charge in [-0.3, -0.25) is 0 Å². The van der Waals surface area contributed by atoms with Gasteiger partial charge in [0, 0.05) is 6.04 Å². The van der Waals surface area contributed by atoms with Crippen molar-refractivity contribution in [3.63, 3.8) is 0 Å². The highest BCUT2D eigenvalue weighted by Gasteiger charge is 2.18. The van der Waals surface area contributed by atoms with E-state index in [1.807, 2.05) is 0 Å². The van der Waals surface area contributed by atoms with E-state index in [1.54, 1.807) is 5.30 Å². The zero-order valence-corrected chi connectivity index (χ0v) is 8.71. The molecule has 0 bridgehead atoms. The average molecular weight is 193 g/mol. The van der Waals surface area contributed by atoms with Gasteiger partial charge in [0.1, 0.15) is 0 Å². The summed E-state index contributed by atoms with van der Waals surface area (Å²) in [4.78, 5) is 0. The summed E-state index contributed by atoms with van der Waals surface area (Å²) in [6.07, 6.45) is 5.11. The fraction of sp³-hybridized carbons (Fsp3) is 0.455. The minimum absolute atomic E-state index is 0.127. The molecule has 13 heavy (non-hydrogen) atoms. The second-order valence-electron chi connectivity index (χ2n) is 3.66. The molecule has 1 aliphatic rings. The molecule has 0 radical (unpaired) electrons. The predicted octanol–water partition coefficient (Wildman–Crippen LogP) is 1.91. The van der Waals surface area contributed by atoms with E-state index in [-0.39, 0.29) is 7.92 Å². The van der Waals surface area contributed by atoms with Crippen LogP contribution in [0.25, 0.3) is 0 Å². The number of rotatable bonds is 1. The van der Waals surface area contributed by atoms with Crippen LogP contribution in [0, 0.1) is 0 Å². The van der Waals surface area contributed by atoms with Crippen molar-refractivity contribution in [2.75, 3.05) is 12.3 Å². The van der Waals surface area contributed by atoms with Crippen LogP contribution in [0.1, 0.15) is 12.8 Å². The minimum Gasteiger partial charge on any atom is -0.328 e. The molecule has 0 spiro atoms. The Balaban J connectivity index is 2.03. The first-order valence-electron chi connectivity index (χ1n) is 4.92. The predicted molar refractivity (Wildman–Crippen MR) is 59.9 cm³/mol. The summed E-state index contributed by atoms with van der Waals surface area (Å²) in [7, 11) is 0.127. The van der Waals surface area contributed by atoms with E-state index >= 15 is 0 Å². The maximum Gasteiger partial charge on any atom is 0.00457 e. The molecule has 0 atom stereocenters. The molecule has 70 valence electrons. The maximum atomic E-state index is 5.89. The van der Waals surface area contributed by atoms with Gasteiger partial charge >= 0.3 is 0 Å². The van der Waals surface area contributed by atoms with Crippen molar-refractivity contribution in [3.05, 3.63) is 30.3 Å². The Morgan fingerprint density at radius 1 is 1.08 bits per heavy atom. The quantitative estimate of drug-likeness (QED) is 0.677. The van der Waals surface area contributed by atoms with Crippen molar-refractivity contribution in [2.45, 2.75) is 18.9 Å². The van der Waals surface area contributed by atoms with Gasteiger partial charge in [0.2, 0.25) is 0 Å². The standard InChI is InChI=1S/C11H16NP/c12-10-6-8-13(9-7-10)11-4-2-1-3-5-11/h1-5,10H,6-9,12H2. The van der Waals surface area contributed by atoms with Gasteiger partial charge in [-0.25, -0.2) is 0 Å². The molecule has 1 aromatic rings. The Labute approximate surface area is 81.1 Å². The second kappa shape index (κ2) is 4.21. The van der Waals surface area contributed by atoms with Gasteiger partial charge in [0.15, 0.2) is 0 Å². The van der Waals surface area contributed by atoms with Crippen LogP contribution in [0.5, 0.6) is 0 Å². The van der Waals surface area contributed by atoms with Gasteiger partial charge < -0.3 is 5.73 Å². The Morgan fingerprint density at radius 3 is 2.31 bits per heavy atom. The van der Waals surface area contributed by atoms with E-state index in [4.69, 9.17) is 5.73 Å². The number of hydrogen-bond donors (Lipinski definition) is 1. The number of hydrogen-bond acceptors (Lipinski definition) is 1. The highest BCUT2D eigenvalue weighted by atomic mass is 31.1. The van der Waals surface area contributed by atoms with Crippen LogP contribution in [0.3, 0.4) is 0 Å². The van der Waals surface area contributed by atoms with Crippen LogP contribution in [0.2, 0.25) is 0 Å². The molecule has 1 saturated heterocycles. The summed E-state index contributed by atoms with van der Waals surface area (Å²) in [6, 6.07) is 11.4. The highest BCUT2D eigenvalue weighted by Crippen LogP contribution is 2.39. The Kier molecular flexibility index (Phi) is 2.97. The van der Waals surface area contributed by atoms with Crippen molar-refractivity contribution >= 4 is 13.2 Å². The summed E-state index contributed by atoms with van der Waals surface area (Å²) in [5.41, 5.74) is 5.89.